The van der Waals surface area contributed by atoms with E-state index in [0.717, 1.165) is 44.6 Å². The molecule has 0 spiro atoms. The predicted molar refractivity (Wildman–Crippen MR) is 76.6 cm³/mol. The highest BCUT2D eigenvalue weighted by Crippen LogP contribution is 2.31. The highest BCUT2D eigenvalue weighted by Gasteiger charge is 2.35. The van der Waals surface area contributed by atoms with E-state index < -0.39 is 17.8 Å². The molecular weight excluding hydrogens is 295 g/mol. The first kappa shape index (κ1) is 15.1. The Morgan fingerprint density at radius 3 is 2.55 bits per heavy atom. The van der Waals surface area contributed by atoms with Gasteiger partial charge in [0.1, 0.15) is 0 Å². The number of alkyl halides is 3. The maximum Gasteiger partial charge on any atom is 0.416 e. The van der Waals surface area contributed by atoms with Crippen LogP contribution in [-0.4, -0.2) is 36.6 Å². The number of urea groups is 1. The molecule has 1 atom stereocenters. The minimum absolute atomic E-state index is 0.0771. The molecule has 0 aliphatic carbocycles. The van der Waals surface area contributed by atoms with Crippen molar-refractivity contribution in [1.82, 2.24) is 10.2 Å². The molecule has 3 heterocycles. The van der Waals surface area contributed by atoms with Crippen molar-refractivity contribution in [3.63, 3.8) is 0 Å². The normalized spacial score (nSPS) is 27.5. The second kappa shape index (κ2) is 5.79. The van der Waals surface area contributed by atoms with Crippen LogP contribution in [0.3, 0.4) is 0 Å². The third-order valence-electron chi connectivity index (χ3n) is 4.42. The number of rotatable bonds is 2. The van der Waals surface area contributed by atoms with E-state index in [0.29, 0.717) is 5.92 Å². The topological polar surface area (TPSA) is 44.4 Å². The summed E-state index contributed by atoms with van der Waals surface area (Å²) in [5.74, 6) is 0.470. The second-order valence-electron chi connectivity index (χ2n) is 5.92. The van der Waals surface area contributed by atoms with Gasteiger partial charge in [-0.05, 0) is 50.0 Å². The largest absolute Gasteiger partial charge is 0.416 e. The number of carbonyl (C=O) groups is 1. The summed E-state index contributed by atoms with van der Waals surface area (Å²) in [5.41, 5.74) is -0.623. The lowest BCUT2D eigenvalue weighted by Gasteiger charge is -2.44. The number of halogens is 3. The summed E-state index contributed by atoms with van der Waals surface area (Å²) in [7, 11) is 0. The van der Waals surface area contributed by atoms with Gasteiger partial charge < -0.3 is 15.5 Å². The van der Waals surface area contributed by atoms with Gasteiger partial charge in [-0.2, -0.15) is 13.2 Å². The van der Waals surface area contributed by atoms with E-state index in [1.807, 2.05) is 0 Å². The first-order chi connectivity index (χ1) is 10.4. The Hall–Kier alpha value is -1.76. The van der Waals surface area contributed by atoms with E-state index >= 15 is 0 Å². The summed E-state index contributed by atoms with van der Waals surface area (Å²) >= 11 is 0. The van der Waals surface area contributed by atoms with Crippen molar-refractivity contribution in [2.45, 2.75) is 25.1 Å². The molecule has 120 valence electrons. The number of nitrogens with one attached hydrogen (secondary N) is 2. The lowest BCUT2D eigenvalue weighted by atomic mass is 9.84. The minimum Gasteiger partial charge on any atom is -0.334 e. The molecule has 1 unspecified atom stereocenters. The molecule has 0 saturated carbocycles. The molecule has 3 aliphatic heterocycles. The number of anilines is 1. The highest BCUT2D eigenvalue weighted by molar-refractivity contribution is 5.89. The van der Waals surface area contributed by atoms with Gasteiger partial charge in [-0.25, -0.2) is 4.79 Å². The number of carbonyl (C=O) groups excluding carboxylic acids is 1. The average molecular weight is 313 g/mol. The van der Waals surface area contributed by atoms with Crippen molar-refractivity contribution in [1.29, 1.82) is 0 Å². The monoisotopic (exact) mass is 313 g/mol. The first-order valence-corrected chi connectivity index (χ1v) is 7.39. The van der Waals surface area contributed by atoms with Gasteiger partial charge in [-0.15, -0.1) is 0 Å². The van der Waals surface area contributed by atoms with Crippen LogP contribution in [0, 0.1) is 5.92 Å². The van der Waals surface area contributed by atoms with Crippen molar-refractivity contribution in [3.05, 3.63) is 29.8 Å². The third kappa shape index (κ3) is 3.35. The van der Waals surface area contributed by atoms with E-state index in [1.54, 1.807) is 0 Å². The molecule has 2 bridgehead atoms. The van der Waals surface area contributed by atoms with Gasteiger partial charge in [0, 0.05) is 18.3 Å². The first-order valence-electron chi connectivity index (χ1n) is 7.39. The Morgan fingerprint density at radius 1 is 1.23 bits per heavy atom. The molecule has 3 aliphatic rings. The molecule has 2 amide bonds. The summed E-state index contributed by atoms with van der Waals surface area (Å²) in [4.78, 5) is 14.3. The Labute approximate surface area is 126 Å². The van der Waals surface area contributed by atoms with Gasteiger partial charge in [0.2, 0.25) is 0 Å². The smallest absolute Gasteiger partial charge is 0.334 e. The van der Waals surface area contributed by atoms with Crippen LogP contribution in [-0.2, 0) is 6.18 Å². The Kier molecular flexibility index (Phi) is 3.99. The summed E-state index contributed by atoms with van der Waals surface area (Å²) in [5, 5.41) is 5.38. The highest BCUT2D eigenvalue weighted by atomic mass is 19.4. The molecule has 4 rings (SSSR count). The molecule has 22 heavy (non-hydrogen) atoms. The fourth-order valence-electron chi connectivity index (χ4n) is 3.24. The van der Waals surface area contributed by atoms with E-state index in [4.69, 9.17) is 0 Å². The van der Waals surface area contributed by atoms with Crippen LogP contribution < -0.4 is 10.6 Å². The number of amides is 2. The van der Waals surface area contributed by atoms with E-state index in [9.17, 15) is 18.0 Å². The summed E-state index contributed by atoms with van der Waals surface area (Å²) < 4.78 is 37.9. The Balaban J connectivity index is 1.60. The van der Waals surface area contributed by atoms with Crippen LogP contribution in [0.1, 0.15) is 18.4 Å². The molecule has 3 fully saturated rings. The standard InChI is InChI=1S/C15H18F3N3O/c16-15(17,18)11-2-1-3-12(8-11)19-14(22)20-13-9-21-6-4-10(13)5-7-21/h1-3,8,10,13H,4-7,9H2,(H2,19,20,22). The van der Waals surface area contributed by atoms with Crippen LogP contribution in [0.5, 0.6) is 0 Å². The van der Waals surface area contributed by atoms with Gasteiger partial charge in [-0.1, -0.05) is 6.07 Å². The van der Waals surface area contributed by atoms with Gasteiger partial charge in [0.05, 0.1) is 5.56 Å². The molecule has 0 aromatic heterocycles. The van der Waals surface area contributed by atoms with Crippen molar-refractivity contribution in [2.75, 3.05) is 25.0 Å². The number of piperidine rings is 3. The van der Waals surface area contributed by atoms with Gasteiger partial charge in [0.25, 0.3) is 0 Å². The van der Waals surface area contributed by atoms with Crippen LogP contribution in [0.2, 0.25) is 0 Å². The number of nitrogens with zero attached hydrogens (tertiary/aromatic N) is 1. The van der Waals surface area contributed by atoms with Crippen molar-refractivity contribution >= 4 is 11.7 Å². The Bertz CT molecular complexity index is 553. The zero-order valence-electron chi connectivity index (χ0n) is 12.0. The van der Waals surface area contributed by atoms with Gasteiger partial charge in [-0.3, -0.25) is 0 Å². The molecule has 1 aromatic carbocycles. The van der Waals surface area contributed by atoms with Crippen molar-refractivity contribution in [3.8, 4) is 0 Å². The fraction of sp³-hybridized carbons (Fsp3) is 0.533. The molecule has 0 radical (unpaired) electrons. The van der Waals surface area contributed by atoms with Gasteiger partial charge in [0.15, 0.2) is 0 Å². The molecule has 2 N–H and O–H groups in total. The number of fused-ring (bicyclic) bond motifs is 3. The Morgan fingerprint density at radius 2 is 1.95 bits per heavy atom. The van der Waals surface area contributed by atoms with Crippen LogP contribution >= 0.6 is 0 Å². The van der Waals surface area contributed by atoms with Crippen LogP contribution in [0.25, 0.3) is 0 Å². The van der Waals surface area contributed by atoms with Gasteiger partial charge >= 0.3 is 12.2 Å². The lowest BCUT2D eigenvalue weighted by Crippen LogP contribution is -2.57. The second-order valence-corrected chi connectivity index (χ2v) is 5.92. The summed E-state index contributed by atoms with van der Waals surface area (Å²) in [6.45, 7) is 2.96. The maximum atomic E-state index is 12.6. The third-order valence-corrected chi connectivity index (χ3v) is 4.42. The van der Waals surface area contributed by atoms with E-state index in [-0.39, 0.29) is 11.7 Å². The number of hydrogen-bond acceptors (Lipinski definition) is 2. The molecule has 3 saturated heterocycles. The average Bonchev–Trinajstić information content (AvgIpc) is 2.47. The van der Waals surface area contributed by atoms with Crippen LogP contribution in [0.4, 0.5) is 23.7 Å². The van der Waals surface area contributed by atoms with Crippen LogP contribution in [0.15, 0.2) is 24.3 Å². The predicted octanol–water partition coefficient (Wildman–Crippen LogP) is 2.92. The summed E-state index contributed by atoms with van der Waals surface area (Å²) in [6.07, 6.45) is -2.28. The lowest BCUT2D eigenvalue weighted by molar-refractivity contribution is -0.137. The molecule has 7 heteroatoms. The molecule has 4 nitrogen and oxygen atoms in total. The van der Waals surface area contributed by atoms with Crippen molar-refractivity contribution in [2.24, 2.45) is 5.92 Å². The van der Waals surface area contributed by atoms with E-state index in [2.05, 4.69) is 15.5 Å². The maximum absolute atomic E-state index is 12.6. The minimum atomic E-state index is -4.41. The summed E-state index contributed by atoms with van der Waals surface area (Å²) in [6, 6.07) is 4.29. The number of benzene rings is 1. The zero-order chi connectivity index (χ0) is 15.7. The number of hydrogen-bond donors (Lipinski definition) is 2. The fourth-order valence-corrected chi connectivity index (χ4v) is 3.24. The van der Waals surface area contributed by atoms with Crippen molar-refractivity contribution < 1.29 is 18.0 Å². The molecular formula is C15H18F3N3O. The molecule has 1 aromatic rings. The zero-order valence-corrected chi connectivity index (χ0v) is 12.0. The van der Waals surface area contributed by atoms with E-state index in [1.165, 1.54) is 12.1 Å². The SMILES string of the molecule is O=C(Nc1cccc(C(F)(F)F)c1)NC1CN2CCC1CC2. The quantitative estimate of drug-likeness (QED) is 0.882.